The molecule has 0 bridgehead atoms. The van der Waals surface area contributed by atoms with Crippen LogP contribution in [0.5, 0.6) is 0 Å². The van der Waals surface area contributed by atoms with Gasteiger partial charge in [-0.3, -0.25) is 0 Å². The molecule has 1 heteroatoms. The third-order valence-electron chi connectivity index (χ3n) is 2.85. The largest absolute Gasteiger partial charge is 0.0775 e. The summed E-state index contributed by atoms with van der Waals surface area (Å²) in [5, 5.41) is 1.65. The average molecular weight is 180 g/mol. The highest BCUT2D eigenvalue weighted by Gasteiger charge is 2.30. The maximum absolute atomic E-state index is 2.41. The van der Waals surface area contributed by atoms with Crippen molar-refractivity contribution in [2.45, 2.75) is 40.4 Å². The Balaban J connectivity index is 3.11. The SMILES string of the molecule is CC1=C([Si](C)(C)C)C=CC1(C)C. The number of rotatable bonds is 1. The van der Waals surface area contributed by atoms with Gasteiger partial charge >= 0.3 is 0 Å². The molecule has 0 amide bonds. The van der Waals surface area contributed by atoms with Crippen LogP contribution < -0.4 is 0 Å². The van der Waals surface area contributed by atoms with Gasteiger partial charge in [0, 0.05) is 5.41 Å². The molecule has 1 rings (SSSR count). The first kappa shape index (κ1) is 9.78. The van der Waals surface area contributed by atoms with Crippen molar-refractivity contribution in [2.24, 2.45) is 5.41 Å². The number of allylic oxidation sites excluding steroid dienone is 4. The molecule has 12 heavy (non-hydrogen) atoms. The Labute approximate surface area is 77.4 Å². The summed E-state index contributed by atoms with van der Waals surface area (Å²) >= 11 is 0. The molecule has 0 heterocycles. The minimum absolute atomic E-state index is 0.315. The van der Waals surface area contributed by atoms with Crippen LogP contribution in [0.1, 0.15) is 20.8 Å². The highest BCUT2D eigenvalue weighted by atomic mass is 28.3. The molecule has 0 fully saturated rings. The summed E-state index contributed by atoms with van der Waals surface area (Å²) in [7, 11) is -1.08. The van der Waals surface area contributed by atoms with Gasteiger partial charge in [-0.2, -0.15) is 0 Å². The van der Waals surface area contributed by atoms with Gasteiger partial charge < -0.3 is 0 Å². The van der Waals surface area contributed by atoms with E-state index in [1.165, 1.54) is 0 Å². The second-order valence-electron chi connectivity index (χ2n) is 5.34. The molecule has 0 N–H and O–H groups in total. The average Bonchev–Trinajstić information content (AvgIpc) is 2.06. The van der Waals surface area contributed by atoms with Gasteiger partial charge in [0.25, 0.3) is 0 Å². The molecule has 0 aromatic heterocycles. The van der Waals surface area contributed by atoms with Gasteiger partial charge in [-0.15, -0.1) is 0 Å². The molecular weight excluding hydrogens is 160 g/mol. The van der Waals surface area contributed by atoms with E-state index in [9.17, 15) is 0 Å². The van der Waals surface area contributed by atoms with Crippen LogP contribution in [0.4, 0.5) is 0 Å². The molecule has 0 aromatic carbocycles. The summed E-state index contributed by atoms with van der Waals surface area (Å²) in [5.74, 6) is 0. The highest BCUT2D eigenvalue weighted by molar-refractivity contribution is 6.84. The van der Waals surface area contributed by atoms with Gasteiger partial charge in [-0.05, 0) is 6.92 Å². The van der Waals surface area contributed by atoms with Crippen LogP contribution in [-0.2, 0) is 0 Å². The normalized spacial score (nSPS) is 22.2. The maximum Gasteiger partial charge on any atom is 0.0775 e. The predicted octanol–water partition coefficient (Wildman–Crippen LogP) is 3.78. The standard InChI is InChI=1S/C11H20Si/c1-9-10(12(4,5)6)7-8-11(9,2)3/h7-8H,1-6H3. The third kappa shape index (κ3) is 1.56. The van der Waals surface area contributed by atoms with Crippen LogP contribution in [0.2, 0.25) is 19.6 Å². The molecular formula is C11H20Si. The lowest BCUT2D eigenvalue weighted by Crippen LogP contribution is -2.24. The van der Waals surface area contributed by atoms with Gasteiger partial charge in [0.15, 0.2) is 0 Å². The lowest BCUT2D eigenvalue weighted by atomic mass is 9.89. The van der Waals surface area contributed by atoms with Gasteiger partial charge in [0.1, 0.15) is 0 Å². The Morgan fingerprint density at radius 2 is 1.67 bits per heavy atom. The van der Waals surface area contributed by atoms with E-state index < -0.39 is 8.07 Å². The Hall–Kier alpha value is -0.303. The fourth-order valence-corrected chi connectivity index (χ4v) is 3.73. The quantitative estimate of drug-likeness (QED) is 0.539. The van der Waals surface area contributed by atoms with Crippen LogP contribution in [0.15, 0.2) is 22.9 Å². The lowest BCUT2D eigenvalue weighted by molar-refractivity contribution is 0.590. The molecule has 0 saturated carbocycles. The zero-order valence-corrected chi connectivity index (χ0v) is 10.2. The fourth-order valence-electron chi connectivity index (χ4n) is 1.70. The lowest BCUT2D eigenvalue weighted by Gasteiger charge is -2.23. The molecule has 68 valence electrons. The second-order valence-corrected chi connectivity index (χ2v) is 10.4. The first-order chi connectivity index (χ1) is 5.25. The molecule has 0 aliphatic heterocycles. The molecule has 0 aromatic rings. The highest BCUT2D eigenvalue weighted by Crippen LogP contribution is 2.39. The van der Waals surface area contributed by atoms with E-state index in [2.05, 4.69) is 52.6 Å². The maximum atomic E-state index is 2.41. The first-order valence-corrected chi connectivity index (χ1v) is 8.16. The van der Waals surface area contributed by atoms with Gasteiger partial charge in [-0.1, -0.05) is 56.4 Å². The minimum atomic E-state index is -1.08. The van der Waals surface area contributed by atoms with Crippen LogP contribution >= 0.6 is 0 Å². The van der Waals surface area contributed by atoms with E-state index in [0.29, 0.717) is 5.41 Å². The van der Waals surface area contributed by atoms with E-state index in [1.807, 2.05) is 0 Å². The van der Waals surface area contributed by atoms with Crippen molar-refractivity contribution in [3.05, 3.63) is 22.9 Å². The summed E-state index contributed by atoms with van der Waals surface area (Å²) in [4.78, 5) is 0. The van der Waals surface area contributed by atoms with Crippen LogP contribution in [-0.4, -0.2) is 8.07 Å². The minimum Gasteiger partial charge on any atom is -0.0749 e. The summed E-state index contributed by atoms with van der Waals surface area (Å²) in [5.41, 5.74) is 1.90. The number of hydrogen-bond acceptors (Lipinski definition) is 0. The van der Waals surface area contributed by atoms with Gasteiger partial charge in [0.05, 0.1) is 8.07 Å². The van der Waals surface area contributed by atoms with Crippen molar-refractivity contribution in [1.29, 1.82) is 0 Å². The van der Waals surface area contributed by atoms with Crippen molar-refractivity contribution in [3.63, 3.8) is 0 Å². The summed E-state index contributed by atoms with van der Waals surface area (Å²) in [6.45, 7) is 14.1. The molecule has 1 aliphatic carbocycles. The summed E-state index contributed by atoms with van der Waals surface area (Å²) < 4.78 is 0. The Kier molecular flexibility index (Phi) is 2.11. The van der Waals surface area contributed by atoms with E-state index in [4.69, 9.17) is 0 Å². The summed E-state index contributed by atoms with van der Waals surface area (Å²) in [6.07, 6.45) is 4.69. The summed E-state index contributed by atoms with van der Waals surface area (Å²) in [6, 6.07) is 0. The molecule has 0 nitrogen and oxygen atoms in total. The zero-order chi connectivity index (χ0) is 9.57. The molecule has 0 saturated heterocycles. The van der Waals surface area contributed by atoms with Crippen LogP contribution in [0, 0.1) is 5.41 Å². The van der Waals surface area contributed by atoms with E-state index in [0.717, 1.165) is 0 Å². The van der Waals surface area contributed by atoms with Crippen molar-refractivity contribution in [3.8, 4) is 0 Å². The third-order valence-corrected chi connectivity index (χ3v) is 5.00. The van der Waals surface area contributed by atoms with Crippen molar-refractivity contribution < 1.29 is 0 Å². The topological polar surface area (TPSA) is 0 Å². The van der Waals surface area contributed by atoms with E-state index >= 15 is 0 Å². The smallest absolute Gasteiger partial charge is 0.0749 e. The molecule has 0 radical (unpaired) electrons. The van der Waals surface area contributed by atoms with Crippen molar-refractivity contribution in [2.75, 3.05) is 0 Å². The predicted molar refractivity (Wildman–Crippen MR) is 59.0 cm³/mol. The van der Waals surface area contributed by atoms with Crippen LogP contribution in [0.25, 0.3) is 0 Å². The Morgan fingerprint density at radius 3 is 1.83 bits per heavy atom. The fraction of sp³-hybridized carbons (Fsp3) is 0.636. The Morgan fingerprint density at radius 1 is 1.17 bits per heavy atom. The molecule has 0 spiro atoms. The van der Waals surface area contributed by atoms with Crippen molar-refractivity contribution >= 4 is 8.07 Å². The van der Waals surface area contributed by atoms with Gasteiger partial charge in [-0.25, -0.2) is 0 Å². The van der Waals surface area contributed by atoms with E-state index in [1.54, 1.807) is 10.8 Å². The Bertz CT molecular complexity index is 249. The van der Waals surface area contributed by atoms with Gasteiger partial charge in [0.2, 0.25) is 0 Å². The van der Waals surface area contributed by atoms with Crippen LogP contribution in [0.3, 0.4) is 0 Å². The monoisotopic (exact) mass is 180 g/mol. The number of hydrogen-bond donors (Lipinski definition) is 0. The molecule has 1 aliphatic rings. The second kappa shape index (κ2) is 2.59. The first-order valence-electron chi connectivity index (χ1n) is 4.66. The van der Waals surface area contributed by atoms with Crippen molar-refractivity contribution in [1.82, 2.24) is 0 Å². The molecule has 0 atom stereocenters. The van der Waals surface area contributed by atoms with E-state index in [-0.39, 0.29) is 0 Å². The molecule has 0 unspecified atom stereocenters. The zero-order valence-electron chi connectivity index (χ0n) is 9.15.